The third kappa shape index (κ3) is 2.39. The van der Waals surface area contributed by atoms with Gasteiger partial charge in [0, 0.05) is 25.7 Å². The second-order valence-corrected chi connectivity index (χ2v) is 5.91. The van der Waals surface area contributed by atoms with Gasteiger partial charge < -0.3 is 9.80 Å². The molecule has 2 aliphatic rings. The van der Waals surface area contributed by atoms with Gasteiger partial charge in [-0.1, -0.05) is 12.1 Å². The standard InChI is InChI=1S/C16H19N3O3/c1-11-9-18(8-7-17(11)2)14(20)10-19-15(21)12-5-3-4-6-13(12)16(19)22/h3-6,11H,7-10H2,1-2H3. The molecule has 6 heteroatoms. The molecular weight excluding hydrogens is 282 g/mol. The summed E-state index contributed by atoms with van der Waals surface area (Å²) in [6.07, 6.45) is 0. The number of likely N-dealkylation sites (N-methyl/N-ethyl adjacent to an activating group) is 1. The fourth-order valence-electron chi connectivity index (χ4n) is 2.89. The Morgan fingerprint density at radius 3 is 2.27 bits per heavy atom. The zero-order valence-electron chi connectivity index (χ0n) is 12.8. The number of amides is 3. The van der Waals surface area contributed by atoms with Crippen molar-refractivity contribution in [2.24, 2.45) is 0 Å². The van der Waals surface area contributed by atoms with E-state index in [4.69, 9.17) is 0 Å². The lowest BCUT2D eigenvalue weighted by Crippen LogP contribution is -2.54. The van der Waals surface area contributed by atoms with Crippen LogP contribution in [0.3, 0.4) is 0 Å². The zero-order valence-corrected chi connectivity index (χ0v) is 12.8. The first kappa shape index (κ1) is 14.7. The Morgan fingerprint density at radius 2 is 1.73 bits per heavy atom. The van der Waals surface area contributed by atoms with Crippen LogP contribution >= 0.6 is 0 Å². The summed E-state index contributed by atoms with van der Waals surface area (Å²) in [7, 11) is 2.02. The van der Waals surface area contributed by atoms with Crippen LogP contribution in [-0.2, 0) is 4.79 Å². The highest BCUT2D eigenvalue weighted by Crippen LogP contribution is 2.22. The van der Waals surface area contributed by atoms with E-state index in [0.717, 1.165) is 11.4 Å². The number of hydrogen-bond acceptors (Lipinski definition) is 4. The lowest BCUT2D eigenvalue weighted by Gasteiger charge is -2.38. The van der Waals surface area contributed by atoms with Crippen LogP contribution in [0.1, 0.15) is 27.6 Å². The van der Waals surface area contributed by atoms with E-state index < -0.39 is 0 Å². The summed E-state index contributed by atoms with van der Waals surface area (Å²) in [5.74, 6) is -0.929. The van der Waals surface area contributed by atoms with Gasteiger partial charge in [-0.3, -0.25) is 19.3 Å². The third-order valence-electron chi connectivity index (χ3n) is 4.48. The molecular formula is C16H19N3O3. The van der Waals surface area contributed by atoms with Crippen molar-refractivity contribution >= 4 is 17.7 Å². The zero-order chi connectivity index (χ0) is 15.9. The number of nitrogens with zero attached hydrogens (tertiary/aromatic N) is 3. The number of fused-ring (bicyclic) bond motifs is 1. The maximum absolute atomic E-state index is 12.4. The minimum absolute atomic E-state index is 0.172. The first-order valence-electron chi connectivity index (χ1n) is 7.42. The topological polar surface area (TPSA) is 60.9 Å². The van der Waals surface area contributed by atoms with E-state index in [-0.39, 0.29) is 30.3 Å². The minimum atomic E-state index is -0.379. The molecule has 1 unspecified atom stereocenters. The number of piperazine rings is 1. The second kappa shape index (κ2) is 5.53. The quantitative estimate of drug-likeness (QED) is 0.744. The summed E-state index contributed by atoms with van der Waals surface area (Å²) >= 11 is 0. The highest BCUT2D eigenvalue weighted by Gasteiger charge is 2.37. The van der Waals surface area contributed by atoms with E-state index in [2.05, 4.69) is 11.8 Å². The van der Waals surface area contributed by atoms with Crippen molar-refractivity contribution in [3.05, 3.63) is 35.4 Å². The number of imide groups is 1. The fraction of sp³-hybridized carbons (Fsp3) is 0.438. The summed E-state index contributed by atoms with van der Waals surface area (Å²) in [6, 6.07) is 6.96. The molecule has 1 aromatic carbocycles. The van der Waals surface area contributed by atoms with Gasteiger partial charge in [0.1, 0.15) is 6.54 Å². The molecule has 0 radical (unpaired) electrons. The van der Waals surface area contributed by atoms with Gasteiger partial charge in [0.25, 0.3) is 11.8 Å². The molecule has 2 aliphatic heterocycles. The average molecular weight is 301 g/mol. The van der Waals surface area contributed by atoms with E-state index in [1.165, 1.54) is 0 Å². The molecule has 2 heterocycles. The lowest BCUT2D eigenvalue weighted by atomic mass is 10.1. The van der Waals surface area contributed by atoms with Crippen LogP contribution in [0.5, 0.6) is 0 Å². The number of hydrogen-bond donors (Lipinski definition) is 0. The largest absolute Gasteiger partial charge is 0.338 e. The number of carbonyl (C=O) groups is 3. The molecule has 0 N–H and O–H groups in total. The molecule has 3 amide bonds. The van der Waals surface area contributed by atoms with Crippen molar-refractivity contribution in [3.8, 4) is 0 Å². The molecule has 0 aliphatic carbocycles. The van der Waals surface area contributed by atoms with E-state index in [1.54, 1.807) is 29.2 Å². The molecule has 3 rings (SSSR count). The summed E-state index contributed by atoms with van der Waals surface area (Å²) in [5.41, 5.74) is 0.763. The second-order valence-electron chi connectivity index (χ2n) is 5.91. The van der Waals surface area contributed by atoms with Gasteiger partial charge in [0.15, 0.2) is 0 Å². The van der Waals surface area contributed by atoms with Crippen molar-refractivity contribution in [1.82, 2.24) is 14.7 Å². The highest BCUT2D eigenvalue weighted by molar-refractivity contribution is 6.22. The average Bonchev–Trinajstić information content (AvgIpc) is 2.75. The first-order valence-corrected chi connectivity index (χ1v) is 7.42. The van der Waals surface area contributed by atoms with E-state index in [9.17, 15) is 14.4 Å². The van der Waals surface area contributed by atoms with Crippen molar-refractivity contribution in [3.63, 3.8) is 0 Å². The fourth-order valence-corrected chi connectivity index (χ4v) is 2.89. The summed E-state index contributed by atoms with van der Waals surface area (Å²) in [6.45, 7) is 3.93. The molecule has 22 heavy (non-hydrogen) atoms. The van der Waals surface area contributed by atoms with Crippen LogP contribution in [0.25, 0.3) is 0 Å². The predicted molar refractivity (Wildman–Crippen MR) is 80.5 cm³/mol. The molecule has 1 aromatic rings. The molecule has 6 nitrogen and oxygen atoms in total. The Hall–Kier alpha value is -2.21. The molecule has 1 atom stereocenters. The summed E-state index contributed by atoms with van der Waals surface area (Å²) in [5, 5.41) is 0. The lowest BCUT2D eigenvalue weighted by molar-refractivity contribution is -0.134. The van der Waals surface area contributed by atoms with E-state index >= 15 is 0 Å². The molecule has 0 bridgehead atoms. The van der Waals surface area contributed by atoms with Crippen LogP contribution < -0.4 is 0 Å². The predicted octanol–water partition coefficient (Wildman–Crippen LogP) is 0.445. The molecule has 0 aromatic heterocycles. The van der Waals surface area contributed by atoms with Gasteiger partial charge in [0.2, 0.25) is 5.91 Å². The normalized spacial score (nSPS) is 22.2. The Kier molecular flexibility index (Phi) is 3.70. The Labute approximate surface area is 129 Å². The number of benzene rings is 1. The molecule has 0 saturated carbocycles. The van der Waals surface area contributed by atoms with Gasteiger partial charge in [-0.05, 0) is 26.1 Å². The minimum Gasteiger partial charge on any atom is -0.338 e. The van der Waals surface area contributed by atoms with Gasteiger partial charge >= 0.3 is 0 Å². The van der Waals surface area contributed by atoms with Crippen LogP contribution in [0.15, 0.2) is 24.3 Å². The maximum Gasteiger partial charge on any atom is 0.262 e. The van der Waals surface area contributed by atoms with Gasteiger partial charge in [0.05, 0.1) is 11.1 Å². The van der Waals surface area contributed by atoms with Crippen molar-refractivity contribution in [2.45, 2.75) is 13.0 Å². The Balaban J connectivity index is 1.71. The molecule has 1 fully saturated rings. The van der Waals surface area contributed by atoms with Gasteiger partial charge in [-0.25, -0.2) is 0 Å². The summed E-state index contributed by atoms with van der Waals surface area (Å²) < 4.78 is 0. The van der Waals surface area contributed by atoms with Crippen molar-refractivity contribution in [1.29, 1.82) is 0 Å². The van der Waals surface area contributed by atoms with E-state index in [0.29, 0.717) is 24.2 Å². The molecule has 1 saturated heterocycles. The highest BCUT2D eigenvalue weighted by atomic mass is 16.2. The smallest absolute Gasteiger partial charge is 0.262 e. The van der Waals surface area contributed by atoms with Crippen LogP contribution in [0, 0.1) is 0 Å². The molecule has 116 valence electrons. The van der Waals surface area contributed by atoms with Crippen molar-refractivity contribution < 1.29 is 14.4 Å². The molecule has 0 spiro atoms. The summed E-state index contributed by atoms with van der Waals surface area (Å²) in [4.78, 5) is 41.9. The maximum atomic E-state index is 12.4. The Bertz CT molecular complexity index is 608. The Morgan fingerprint density at radius 1 is 1.14 bits per heavy atom. The van der Waals surface area contributed by atoms with Crippen LogP contribution in [0.2, 0.25) is 0 Å². The van der Waals surface area contributed by atoms with Gasteiger partial charge in [-0.15, -0.1) is 0 Å². The monoisotopic (exact) mass is 301 g/mol. The third-order valence-corrected chi connectivity index (χ3v) is 4.48. The van der Waals surface area contributed by atoms with Crippen LogP contribution in [-0.4, -0.2) is 71.7 Å². The number of carbonyl (C=O) groups excluding carboxylic acids is 3. The van der Waals surface area contributed by atoms with Crippen molar-refractivity contribution in [2.75, 3.05) is 33.2 Å². The SMILES string of the molecule is CC1CN(C(=O)CN2C(=O)c3ccccc3C2=O)CCN1C. The first-order chi connectivity index (χ1) is 10.5. The van der Waals surface area contributed by atoms with Crippen LogP contribution in [0.4, 0.5) is 0 Å². The van der Waals surface area contributed by atoms with E-state index in [1.807, 2.05) is 7.05 Å². The van der Waals surface area contributed by atoms with Gasteiger partial charge in [-0.2, -0.15) is 0 Å². The number of rotatable bonds is 2.